The summed E-state index contributed by atoms with van der Waals surface area (Å²) in [5.41, 5.74) is 1.28. The minimum Gasteiger partial charge on any atom is -0.315 e. The molecule has 1 unspecified atom stereocenters. The van der Waals surface area contributed by atoms with E-state index in [2.05, 4.69) is 36.4 Å². The number of hydrogen-bond donors (Lipinski definition) is 1. The van der Waals surface area contributed by atoms with Gasteiger partial charge in [0, 0.05) is 24.5 Å². The lowest BCUT2D eigenvalue weighted by Crippen LogP contribution is -2.45. The summed E-state index contributed by atoms with van der Waals surface area (Å²) >= 11 is 1.83. The van der Waals surface area contributed by atoms with Crippen LogP contribution in [0.15, 0.2) is 5.38 Å². The van der Waals surface area contributed by atoms with Gasteiger partial charge >= 0.3 is 0 Å². The van der Waals surface area contributed by atoms with E-state index in [1.807, 2.05) is 11.3 Å². The van der Waals surface area contributed by atoms with Crippen molar-refractivity contribution in [1.29, 1.82) is 0 Å². The van der Waals surface area contributed by atoms with Gasteiger partial charge in [-0.3, -0.25) is 4.90 Å². The van der Waals surface area contributed by atoms with Gasteiger partial charge in [0.1, 0.15) is 0 Å². The van der Waals surface area contributed by atoms with Gasteiger partial charge in [-0.15, -0.1) is 11.3 Å². The summed E-state index contributed by atoms with van der Waals surface area (Å²) in [5.74, 6) is 0.734. The van der Waals surface area contributed by atoms with Crippen LogP contribution in [0.3, 0.4) is 0 Å². The molecular formula is C17H31N3S. The van der Waals surface area contributed by atoms with Crippen LogP contribution in [0, 0.1) is 5.92 Å². The number of nitrogens with zero attached hydrogens (tertiary/aromatic N) is 2. The van der Waals surface area contributed by atoms with Crippen molar-refractivity contribution in [2.24, 2.45) is 5.92 Å². The molecule has 0 amide bonds. The molecule has 0 bridgehead atoms. The Kier molecular flexibility index (Phi) is 7.14. The molecule has 1 atom stereocenters. The first-order valence-electron chi connectivity index (χ1n) is 8.57. The summed E-state index contributed by atoms with van der Waals surface area (Å²) in [7, 11) is 0. The minimum absolute atomic E-state index is 0.689. The van der Waals surface area contributed by atoms with Gasteiger partial charge in [0.25, 0.3) is 0 Å². The van der Waals surface area contributed by atoms with Crippen LogP contribution >= 0.6 is 11.3 Å². The van der Waals surface area contributed by atoms with E-state index in [1.54, 1.807) is 0 Å². The summed E-state index contributed by atoms with van der Waals surface area (Å²) in [6.45, 7) is 11.3. The zero-order valence-electron chi connectivity index (χ0n) is 13.9. The van der Waals surface area contributed by atoms with E-state index in [0.29, 0.717) is 6.04 Å². The summed E-state index contributed by atoms with van der Waals surface area (Å²) in [4.78, 5) is 7.43. The molecule has 0 saturated carbocycles. The van der Waals surface area contributed by atoms with Crippen molar-refractivity contribution >= 4 is 11.3 Å². The number of piperidine rings is 1. The van der Waals surface area contributed by atoms with Crippen LogP contribution < -0.4 is 5.32 Å². The van der Waals surface area contributed by atoms with Crippen LogP contribution in [0.2, 0.25) is 0 Å². The van der Waals surface area contributed by atoms with Crippen LogP contribution in [0.4, 0.5) is 0 Å². The molecule has 2 heterocycles. The molecule has 1 aromatic rings. The highest BCUT2D eigenvalue weighted by molar-refractivity contribution is 7.09. The van der Waals surface area contributed by atoms with Gasteiger partial charge in [0.2, 0.25) is 0 Å². The molecule has 1 aliphatic heterocycles. The fraction of sp³-hybridized carbons (Fsp3) is 0.824. The first-order chi connectivity index (χ1) is 10.2. The minimum atomic E-state index is 0.689. The highest BCUT2D eigenvalue weighted by Crippen LogP contribution is 2.20. The Labute approximate surface area is 134 Å². The molecule has 2 rings (SSSR count). The van der Waals surface area contributed by atoms with Crippen molar-refractivity contribution in [2.45, 2.75) is 65.5 Å². The molecule has 4 heteroatoms. The molecule has 1 aliphatic rings. The van der Waals surface area contributed by atoms with Crippen molar-refractivity contribution in [3.63, 3.8) is 0 Å². The third-order valence-corrected chi connectivity index (χ3v) is 5.07. The topological polar surface area (TPSA) is 28.2 Å². The molecule has 1 N–H and O–H groups in total. The summed E-state index contributed by atoms with van der Waals surface area (Å²) in [6, 6.07) is 0.689. The van der Waals surface area contributed by atoms with E-state index in [-0.39, 0.29) is 0 Å². The number of nitrogens with one attached hydrogen (secondary N) is 1. The van der Waals surface area contributed by atoms with E-state index >= 15 is 0 Å². The van der Waals surface area contributed by atoms with Gasteiger partial charge in [-0.1, -0.05) is 27.2 Å². The van der Waals surface area contributed by atoms with Crippen LogP contribution in [0.5, 0.6) is 0 Å². The second-order valence-electron chi connectivity index (χ2n) is 6.65. The first kappa shape index (κ1) is 16.9. The summed E-state index contributed by atoms with van der Waals surface area (Å²) < 4.78 is 0. The lowest BCUT2D eigenvalue weighted by atomic mass is 10.0. The monoisotopic (exact) mass is 309 g/mol. The van der Waals surface area contributed by atoms with Crippen LogP contribution in [0.25, 0.3) is 0 Å². The van der Waals surface area contributed by atoms with Crippen molar-refractivity contribution in [3.8, 4) is 0 Å². The first-order valence-corrected chi connectivity index (χ1v) is 9.45. The number of aromatic nitrogens is 1. The van der Waals surface area contributed by atoms with Gasteiger partial charge in [-0.2, -0.15) is 0 Å². The Bertz CT molecular complexity index is 402. The maximum atomic E-state index is 4.79. The molecule has 1 saturated heterocycles. The number of hydrogen-bond acceptors (Lipinski definition) is 4. The molecule has 1 fully saturated rings. The van der Waals surface area contributed by atoms with Crippen LogP contribution in [-0.2, 0) is 13.0 Å². The molecule has 0 aliphatic carbocycles. The van der Waals surface area contributed by atoms with Crippen LogP contribution in [-0.4, -0.2) is 35.6 Å². The third kappa shape index (κ3) is 5.68. The molecule has 120 valence electrons. The number of thiazole rings is 1. The van der Waals surface area contributed by atoms with Gasteiger partial charge in [-0.05, 0) is 44.7 Å². The van der Waals surface area contributed by atoms with E-state index in [9.17, 15) is 0 Å². The number of likely N-dealkylation sites (tertiary alicyclic amines) is 1. The summed E-state index contributed by atoms with van der Waals surface area (Å²) in [5, 5.41) is 7.20. The second-order valence-corrected chi connectivity index (χ2v) is 7.60. The number of aryl methyl sites for hydroxylation is 1. The van der Waals surface area contributed by atoms with Gasteiger partial charge in [-0.25, -0.2) is 4.98 Å². The normalized spacial score (nSPS) is 20.3. The van der Waals surface area contributed by atoms with E-state index in [1.165, 1.54) is 42.9 Å². The van der Waals surface area contributed by atoms with E-state index in [0.717, 1.165) is 32.0 Å². The van der Waals surface area contributed by atoms with Gasteiger partial charge in [0.15, 0.2) is 0 Å². The zero-order valence-corrected chi connectivity index (χ0v) is 14.7. The summed E-state index contributed by atoms with van der Waals surface area (Å²) in [6.07, 6.45) is 6.37. The van der Waals surface area contributed by atoms with E-state index in [4.69, 9.17) is 4.98 Å². The highest BCUT2D eigenvalue weighted by atomic mass is 32.1. The lowest BCUT2D eigenvalue weighted by Gasteiger charge is -2.35. The molecule has 1 aromatic heterocycles. The molecule has 21 heavy (non-hydrogen) atoms. The largest absolute Gasteiger partial charge is 0.315 e. The fourth-order valence-electron chi connectivity index (χ4n) is 3.00. The van der Waals surface area contributed by atoms with Crippen molar-refractivity contribution in [2.75, 3.05) is 19.6 Å². The smallest absolute Gasteiger partial charge is 0.0928 e. The average Bonchev–Trinajstić information content (AvgIpc) is 2.88. The standard InChI is InChI=1S/C17H31N3S/c1-4-7-17-19-15(13-21-17)12-20-9-6-5-8-16(20)11-18-10-14(2)3/h13-14,16,18H,4-12H2,1-3H3. The predicted molar refractivity (Wildman–Crippen MR) is 91.9 cm³/mol. The Morgan fingerprint density at radius 3 is 3.05 bits per heavy atom. The Hall–Kier alpha value is -0.450. The lowest BCUT2D eigenvalue weighted by molar-refractivity contribution is 0.135. The molecule has 0 aromatic carbocycles. The molecule has 0 spiro atoms. The molecule has 0 radical (unpaired) electrons. The highest BCUT2D eigenvalue weighted by Gasteiger charge is 2.22. The molecule has 3 nitrogen and oxygen atoms in total. The SMILES string of the molecule is CCCc1nc(CN2CCCCC2CNCC(C)C)cs1. The third-order valence-electron chi connectivity index (χ3n) is 4.11. The molecular weight excluding hydrogens is 278 g/mol. The maximum absolute atomic E-state index is 4.79. The van der Waals surface area contributed by atoms with Gasteiger partial charge in [0.05, 0.1) is 10.7 Å². The fourth-order valence-corrected chi connectivity index (χ4v) is 3.89. The van der Waals surface area contributed by atoms with Crippen molar-refractivity contribution in [3.05, 3.63) is 16.1 Å². The van der Waals surface area contributed by atoms with Crippen molar-refractivity contribution < 1.29 is 0 Å². The Morgan fingerprint density at radius 1 is 1.43 bits per heavy atom. The second kappa shape index (κ2) is 8.86. The van der Waals surface area contributed by atoms with Crippen LogP contribution in [0.1, 0.15) is 57.2 Å². The average molecular weight is 310 g/mol. The quantitative estimate of drug-likeness (QED) is 0.793. The number of rotatable bonds is 8. The van der Waals surface area contributed by atoms with Crippen molar-refractivity contribution in [1.82, 2.24) is 15.2 Å². The zero-order chi connectivity index (χ0) is 15.1. The van der Waals surface area contributed by atoms with Gasteiger partial charge < -0.3 is 5.32 Å². The predicted octanol–water partition coefficient (Wildman–Crippen LogP) is 3.70. The maximum Gasteiger partial charge on any atom is 0.0928 e. The van der Waals surface area contributed by atoms with E-state index < -0.39 is 0 Å². The Balaban J connectivity index is 1.85. The Morgan fingerprint density at radius 2 is 2.29 bits per heavy atom.